The smallest absolute Gasteiger partial charge is 0.0992 e. The van der Waals surface area contributed by atoms with Crippen LogP contribution < -0.4 is 11.1 Å². The van der Waals surface area contributed by atoms with Crippen molar-refractivity contribution in [1.29, 1.82) is 5.26 Å². The summed E-state index contributed by atoms with van der Waals surface area (Å²) in [5, 5.41) is 12.1. The van der Waals surface area contributed by atoms with E-state index in [0.717, 1.165) is 38.5 Å². The lowest BCUT2D eigenvalue weighted by molar-refractivity contribution is -0.0191. The fraction of sp³-hybridized carbons (Fsp3) is 0.500. The molecule has 5 heteroatoms. The lowest BCUT2D eigenvalue weighted by Gasteiger charge is -2.32. The average Bonchev–Trinajstić information content (AvgIpc) is 2.46. The second-order valence-corrected chi connectivity index (χ2v) is 4.68. The van der Waals surface area contributed by atoms with Crippen LogP contribution >= 0.6 is 0 Å². The average molecular weight is 260 g/mol. The molecule has 102 valence electrons. The molecule has 0 aliphatic carbocycles. The van der Waals surface area contributed by atoms with E-state index in [2.05, 4.69) is 23.2 Å². The SMILES string of the molecule is CCN1CCOC(CNc2ccc(C#N)cc2N)C1. The maximum absolute atomic E-state index is 8.79. The number of likely N-dealkylation sites (N-methyl/N-ethyl adjacent to an activating group) is 1. The van der Waals surface area contributed by atoms with Gasteiger partial charge in [0.15, 0.2) is 0 Å². The zero-order valence-corrected chi connectivity index (χ0v) is 11.2. The highest BCUT2D eigenvalue weighted by Gasteiger charge is 2.19. The summed E-state index contributed by atoms with van der Waals surface area (Å²) in [6, 6.07) is 7.36. The minimum atomic E-state index is 0.184. The van der Waals surface area contributed by atoms with Crippen LogP contribution in [0.1, 0.15) is 12.5 Å². The Morgan fingerprint density at radius 2 is 2.42 bits per heavy atom. The number of nitriles is 1. The Morgan fingerprint density at radius 1 is 1.58 bits per heavy atom. The summed E-state index contributed by atoms with van der Waals surface area (Å²) >= 11 is 0. The van der Waals surface area contributed by atoms with Gasteiger partial charge >= 0.3 is 0 Å². The number of hydrogen-bond acceptors (Lipinski definition) is 5. The zero-order valence-electron chi connectivity index (χ0n) is 11.2. The van der Waals surface area contributed by atoms with Gasteiger partial charge in [0.25, 0.3) is 0 Å². The van der Waals surface area contributed by atoms with Crippen LogP contribution in [-0.2, 0) is 4.74 Å². The van der Waals surface area contributed by atoms with Crippen molar-refractivity contribution in [3.05, 3.63) is 23.8 Å². The fourth-order valence-electron chi connectivity index (χ4n) is 2.21. The van der Waals surface area contributed by atoms with E-state index < -0.39 is 0 Å². The van der Waals surface area contributed by atoms with Gasteiger partial charge in [-0.3, -0.25) is 4.90 Å². The first kappa shape index (κ1) is 13.7. The number of rotatable bonds is 4. The Bertz CT molecular complexity index is 469. The Hall–Kier alpha value is -1.77. The Kier molecular flexibility index (Phi) is 4.61. The molecule has 1 heterocycles. The quantitative estimate of drug-likeness (QED) is 0.798. The van der Waals surface area contributed by atoms with Crippen molar-refractivity contribution in [2.45, 2.75) is 13.0 Å². The van der Waals surface area contributed by atoms with Gasteiger partial charge in [0.2, 0.25) is 0 Å². The summed E-state index contributed by atoms with van der Waals surface area (Å²) in [5.41, 5.74) is 7.94. The third-order valence-corrected chi connectivity index (χ3v) is 3.37. The van der Waals surface area contributed by atoms with E-state index in [1.165, 1.54) is 0 Å². The maximum atomic E-state index is 8.79. The standard InChI is InChI=1S/C14H20N4O/c1-2-18-5-6-19-12(10-18)9-17-14-4-3-11(8-15)7-13(14)16/h3-4,7,12,17H,2,5-6,9-10,16H2,1H3. The highest BCUT2D eigenvalue weighted by Crippen LogP contribution is 2.19. The van der Waals surface area contributed by atoms with Crippen molar-refractivity contribution in [2.24, 2.45) is 0 Å². The Morgan fingerprint density at radius 3 is 3.11 bits per heavy atom. The molecule has 0 saturated carbocycles. The summed E-state index contributed by atoms with van der Waals surface area (Å²) < 4.78 is 5.72. The molecule has 19 heavy (non-hydrogen) atoms. The first-order valence-electron chi connectivity index (χ1n) is 6.60. The number of morpholine rings is 1. The molecule has 2 rings (SSSR count). The van der Waals surface area contributed by atoms with Crippen LogP contribution in [0.5, 0.6) is 0 Å². The van der Waals surface area contributed by atoms with Gasteiger partial charge in [-0.05, 0) is 24.7 Å². The molecule has 1 aliphatic rings. The summed E-state index contributed by atoms with van der Waals surface area (Å²) in [4.78, 5) is 2.37. The van der Waals surface area contributed by atoms with E-state index >= 15 is 0 Å². The van der Waals surface area contributed by atoms with Crippen LogP contribution in [-0.4, -0.2) is 43.8 Å². The topological polar surface area (TPSA) is 74.3 Å². The molecule has 0 amide bonds. The highest BCUT2D eigenvalue weighted by atomic mass is 16.5. The van der Waals surface area contributed by atoms with Crippen LogP contribution in [0.25, 0.3) is 0 Å². The molecule has 0 aromatic heterocycles. The number of nitrogens with one attached hydrogen (secondary N) is 1. The molecule has 3 N–H and O–H groups in total. The lowest BCUT2D eigenvalue weighted by atomic mass is 10.2. The van der Waals surface area contributed by atoms with E-state index in [9.17, 15) is 0 Å². The first-order chi connectivity index (χ1) is 9.22. The third kappa shape index (κ3) is 3.60. The molecule has 0 bridgehead atoms. The number of nitrogens with zero attached hydrogens (tertiary/aromatic N) is 2. The highest BCUT2D eigenvalue weighted by molar-refractivity contribution is 5.68. The molecule has 0 spiro atoms. The van der Waals surface area contributed by atoms with E-state index in [-0.39, 0.29) is 6.10 Å². The predicted octanol–water partition coefficient (Wildman–Crippen LogP) is 1.27. The molecule has 1 aromatic rings. The predicted molar refractivity (Wildman–Crippen MR) is 75.9 cm³/mol. The van der Waals surface area contributed by atoms with Gasteiger partial charge in [-0.1, -0.05) is 6.92 Å². The monoisotopic (exact) mass is 260 g/mol. The summed E-state index contributed by atoms with van der Waals surface area (Å²) in [5.74, 6) is 0. The molecule has 5 nitrogen and oxygen atoms in total. The van der Waals surface area contributed by atoms with Gasteiger partial charge in [-0.15, -0.1) is 0 Å². The molecule has 1 fully saturated rings. The molecule has 1 unspecified atom stereocenters. The fourth-order valence-corrected chi connectivity index (χ4v) is 2.21. The summed E-state index contributed by atoms with van der Waals surface area (Å²) in [7, 11) is 0. The minimum Gasteiger partial charge on any atom is -0.397 e. The van der Waals surface area contributed by atoms with Crippen LogP contribution in [0.15, 0.2) is 18.2 Å². The molecule has 1 atom stereocenters. The van der Waals surface area contributed by atoms with Crippen molar-refractivity contribution in [3.8, 4) is 6.07 Å². The number of ether oxygens (including phenoxy) is 1. The number of hydrogen-bond donors (Lipinski definition) is 2. The van der Waals surface area contributed by atoms with Crippen LogP contribution in [0.3, 0.4) is 0 Å². The van der Waals surface area contributed by atoms with Crippen molar-refractivity contribution in [3.63, 3.8) is 0 Å². The van der Waals surface area contributed by atoms with Gasteiger partial charge in [0, 0.05) is 19.6 Å². The third-order valence-electron chi connectivity index (χ3n) is 3.37. The van der Waals surface area contributed by atoms with Gasteiger partial charge in [0.1, 0.15) is 0 Å². The largest absolute Gasteiger partial charge is 0.397 e. The number of benzene rings is 1. The van der Waals surface area contributed by atoms with E-state index in [4.69, 9.17) is 15.7 Å². The molecular formula is C14H20N4O. The van der Waals surface area contributed by atoms with E-state index in [0.29, 0.717) is 11.3 Å². The van der Waals surface area contributed by atoms with Crippen molar-refractivity contribution >= 4 is 11.4 Å². The Labute approximate surface area is 114 Å². The molecular weight excluding hydrogens is 240 g/mol. The first-order valence-corrected chi connectivity index (χ1v) is 6.60. The number of nitrogens with two attached hydrogens (primary N) is 1. The second kappa shape index (κ2) is 6.41. The van der Waals surface area contributed by atoms with Crippen molar-refractivity contribution < 1.29 is 4.74 Å². The van der Waals surface area contributed by atoms with Gasteiger partial charge in [0.05, 0.1) is 35.7 Å². The second-order valence-electron chi connectivity index (χ2n) is 4.68. The van der Waals surface area contributed by atoms with Crippen LogP contribution in [0, 0.1) is 11.3 Å². The van der Waals surface area contributed by atoms with Gasteiger partial charge in [-0.2, -0.15) is 5.26 Å². The van der Waals surface area contributed by atoms with Gasteiger partial charge < -0.3 is 15.8 Å². The van der Waals surface area contributed by atoms with Crippen molar-refractivity contribution in [1.82, 2.24) is 4.90 Å². The molecule has 1 saturated heterocycles. The minimum absolute atomic E-state index is 0.184. The van der Waals surface area contributed by atoms with Gasteiger partial charge in [-0.25, -0.2) is 0 Å². The lowest BCUT2D eigenvalue weighted by Crippen LogP contribution is -2.45. The van der Waals surface area contributed by atoms with Crippen LogP contribution in [0.2, 0.25) is 0 Å². The van der Waals surface area contributed by atoms with E-state index in [1.54, 1.807) is 12.1 Å². The molecule has 1 aliphatic heterocycles. The number of nitrogen functional groups attached to an aromatic ring is 1. The van der Waals surface area contributed by atoms with Crippen molar-refractivity contribution in [2.75, 3.05) is 43.8 Å². The normalized spacial score (nSPS) is 19.9. The summed E-state index contributed by atoms with van der Waals surface area (Å²) in [6.07, 6.45) is 0.184. The molecule has 1 aromatic carbocycles. The summed E-state index contributed by atoms with van der Waals surface area (Å²) in [6.45, 7) is 6.68. The van der Waals surface area contributed by atoms with E-state index in [1.807, 2.05) is 6.07 Å². The number of anilines is 2. The zero-order chi connectivity index (χ0) is 13.7. The van der Waals surface area contributed by atoms with Crippen LogP contribution in [0.4, 0.5) is 11.4 Å². The maximum Gasteiger partial charge on any atom is 0.0992 e. The Balaban J connectivity index is 1.90. The molecule has 0 radical (unpaired) electrons.